The van der Waals surface area contributed by atoms with Crippen molar-refractivity contribution in [3.63, 3.8) is 0 Å². The number of nitrogens with zero attached hydrogens (tertiary/aromatic N) is 2. The van der Waals surface area contributed by atoms with E-state index in [-0.39, 0.29) is 11.9 Å². The lowest BCUT2D eigenvalue weighted by Crippen LogP contribution is -2.43. The summed E-state index contributed by atoms with van der Waals surface area (Å²) in [4.78, 5) is 16.8. The molecule has 0 radical (unpaired) electrons. The zero-order valence-electron chi connectivity index (χ0n) is 17.9. The topological polar surface area (TPSA) is 46.5 Å². The lowest BCUT2D eigenvalue weighted by molar-refractivity contribution is 0.0169. The Labute approximate surface area is 182 Å². The molecule has 0 spiro atoms. The van der Waals surface area contributed by atoms with Gasteiger partial charge in [-0.1, -0.05) is 23.8 Å². The van der Waals surface area contributed by atoms with E-state index in [4.69, 9.17) is 4.74 Å². The van der Waals surface area contributed by atoms with Crippen molar-refractivity contribution in [2.24, 2.45) is 0 Å². The van der Waals surface area contributed by atoms with Gasteiger partial charge in [0.1, 0.15) is 0 Å². The minimum absolute atomic E-state index is 0.0173. The van der Waals surface area contributed by atoms with Crippen molar-refractivity contribution in [1.82, 2.24) is 14.8 Å². The van der Waals surface area contributed by atoms with Crippen LogP contribution in [0.4, 0.5) is 0 Å². The van der Waals surface area contributed by atoms with Gasteiger partial charge in [0, 0.05) is 41.6 Å². The van der Waals surface area contributed by atoms with Gasteiger partial charge < -0.3 is 14.6 Å². The van der Waals surface area contributed by atoms with E-state index in [0.29, 0.717) is 6.54 Å². The Morgan fingerprint density at radius 1 is 1.13 bits per heavy atom. The largest absolute Gasteiger partial charge is 0.379 e. The first-order valence-electron chi connectivity index (χ1n) is 10.4. The summed E-state index contributed by atoms with van der Waals surface area (Å²) in [5.41, 5.74) is 5.07. The third kappa shape index (κ3) is 4.36. The van der Waals surface area contributed by atoms with Crippen LogP contribution in [0.5, 0.6) is 0 Å². The Bertz CT molecular complexity index is 986. The lowest BCUT2D eigenvalue weighted by atomic mass is 10.1. The number of amides is 1. The smallest absolute Gasteiger partial charge is 0.253 e. The normalized spacial score (nSPS) is 15.8. The Kier molecular flexibility index (Phi) is 6.37. The van der Waals surface area contributed by atoms with Gasteiger partial charge in [-0.3, -0.25) is 9.69 Å². The van der Waals surface area contributed by atoms with Gasteiger partial charge in [0.15, 0.2) is 0 Å². The van der Waals surface area contributed by atoms with Gasteiger partial charge in [0.25, 0.3) is 5.91 Å². The Balaban J connectivity index is 1.52. The number of carbonyl (C=O) groups is 1. The number of nitrogens with one attached hydrogen (secondary N) is 1. The molecule has 0 saturated carbocycles. The Hall–Kier alpha value is -2.41. The molecule has 3 heterocycles. The first-order chi connectivity index (χ1) is 14.5. The van der Waals surface area contributed by atoms with Crippen molar-refractivity contribution in [3.05, 3.63) is 75.2 Å². The van der Waals surface area contributed by atoms with Crippen molar-refractivity contribution in [2.45, 2.75) is 26.8 Å². The summed E-state index contributed by atoms with van der Waals surface area (Å²) in [5.74, 6) is -0.0173. The Morgan fingerprint density at radius 2 is 1.87 bits per heavy atom. The van der Waals surface area contributed by atoms with Crippen LogP contribution < -0.4 is 5.32 Å². The molecule has 30 heavy (non-hydrogen) atoms. The molecule has 6 heteroatoms. The van der Waals surface area contributed by atoms with Crippen LogP contribution in [0, 0.1) is 20.8 Å². The second-order valence-corrected chi connectivity index (χ2v) is 8.82. The third-order valence-corrected chi connectivity index (χ3v) is 6.76. The van der Waals surface area contributed by atoms with Crippen molar-refractivity contribution in [2.75, 3.05) is 32.8 Å². The second-order valence-electron chi connectivity index (χ2n) is 7.85. The van der Waals surface area contributed by atoms with E-state index >= 15 is 0 Å². The summed E-state index contributed by atoms with van der Waals surface area (Å²) in [7, 11) is 0. The standard InChI is InChI=1S/C24H29N3O2S/c1-17-6-8-20(9-7-17)27-18(2)15-21(19(27)3)24(28)25-16-22(23-5-4-14-30-23)26-10-12-29-13-11-26/h4-9,14-15,22H,10-13,16H2,1-3H3,(H,25,28). The van der Waals surface area contributed by atoms with Crippen molar-refractivity contribution >= 4 is 17.2 Å². The summed E-state index contributed by atoms with van der Waals surface area (Å²) in [6.45, 7) is 10.00. The van der Waals surface area contributed by atoms with E-state index in [0.717, 1.165) is 48.9 Å². The van der Waals surface area contributed by atoms with Crippen LogP contribution in [-0.4, -0.2) is 48.2 Å². The van der Waals surface area contributed by atoms with Gasteiger partial charge in [-0.05, 0) is 50.4 Å². The first-order valence-corrected chi connectivity index (χ1v) is 11.3. The number of hydrogen-bond acceptors (Lipinski definition) is 4. The minimum Gasteiger partial charge on any atom is -0.379 e. The van der Waals surface area contributed by atoms with Gasteiger partial charge in [-0.2, -0.15) is 0 Å². The molecule has 2 aromatic heterocycles. The number of aryl methyl sites for hydroxylation is 2. The average molecular weight is 424 g/mol. The zero-order valence-corrected chi connectivity index (χ0v) is 18.7. The monoisotopic (exact) mass is 423 g/mol. The average Bonchev–Trinajstić information content (AvgIpc) is 3.38. The molecule has 1 saturated heterocycles. The second kappa shape index (κ2) is 9.16. The Morgan fingerprint density at radius 3 is 2.53 bits per heavy atom. The number of ether oxygens (including phenoxy) is 1. The highest BCUT2D eigenvalue weighted by molar-refractivity contribution is 7.10. The number of benzene rings is 1. The van der Waals surface area contributed by atoms with Gasteiger partial charge in [-0.25, -0.2) is 0 Å². The van der Waals surface area contributed by atoms with Crippen LogP contribution in [0.15, 0.2) is 47.8 Å². The maximum absolute atomic E-state index is 13.1. The van der Waals surface area contributed by atoms with E-state index in [1.165, 1.54) is 10.4 Å². The molecule has 1 N–H and O–H groups in total. The molecule has 0 bridgehead atoms. The summed E-state index contributed by atoms with van der Waals surface area (Å²) < 4.78 is 7.66. The van der Waals surface area contributed by atoms with Crippen LogP contribution in [0.25, 0.3) is 5.69 Å². The highest BCUT2D eigenvalue weighted by Crippen LogP contribution is 2.26. The van der Waals surface area contributed by atoms with Crippen molar-refractivity contribution in [1.29, 1.82) is 0 Å². The number of hydrogen-bond donors (Lipinski definition) is 1. The highest BCUT2D eigenvalue weighted by atomic mass is 32.1. The number of thiophene rings is 1. The van der Waals surface area contributed by atoms with Crippen molar-refractivity contribution in [3.8, 4) is 5.69 Å². The van der Waals surface area contributed by atoms with E-state index in [1.807, 2.05) is 19.9 Å². The van der Waals surface area contributed by atoms with Crippen LogP contribution in [0.2, 0.25) is 0 Å². The number of aromatic nitrogens is 1. The molecule has 1 amide bonds. The fourth-order valence-corrected chi connectivity index (χ4v) is 5.01. The van der Waals surface area contributed by atoms with Crippen LogP contribution in [0.3, 0.4) is 0 Å². The molecule has 1 aliphatic rings. The maximum atomic E-state index is 13.1. The number of morpholine rings is 1. The molecule has 1 aromatic carbocycles. The summed E-state index contributed by atoms with van der Waals surface area (Å²) >= 11 is 1.74. The van der Waals surface area contributed by atoms with Crippen LogP contribution in [0.1, 0.15) is 38.2 Å². The van der Waals surface area contributed by atoms with E-state index < -0.39 is 0 Å². The van der Waals surface area contributed by atoms with Crippen molar-refractivity contribution < 1.29 is 9.53 Å². The molecule has 1 fully saturated rings. The van der Waals surface area contributed by atoms with Gasteiger partial charge in [-0.15, -0.1) is 11.3 Å². The molecule has 158 valence electrons. The van der Waals surface area contributed by atoms with Gasteiger partial charge >= 0.3 is 0 Å². The van der Waals surface area contributed by atoms with Gasteiger partial charge in [0.2, 0.25) is 0 Å². The molecule has 1 aliphatic heterocycles. The fourth-order valence-electron chi connectivity index (χ4n) is 4.15. The van der Waals surface area contributed by atoms with E-state index in [2.05, 4.69) is 63.5 Å². The maximum Gasteiger partial charge on any atom is 0.253 e. The molecule has 1 unspecified atom stereocenters. The van der Waals surface area contributed by atoms with Gasteiger partial charge in [0.05, 0.1) is 24.8 Å². The van der Waals surface area contributed by atoms with Crippen LogP contribution in [-0.2, 0) is 4.74 Å². The molecule has 4 rings (SSSR count). The molecular formula is C24H29N3O2S. The molecule has 0 aliphatic carbocycles. The zero-order chi connectivity index (χ0) is 21.1. The lowest BCUT2D eigenvalue weighted by Gasteiger charge is -2.34. The highest BCUT2D eigenvalue weighted by Gasteiger charge is 2.25. The fraction of sp³-hybridized carbons (Fsp3) is 0.375. The van der Waals surface area contributed by atoms with E-state index in [1.54, 1.807) is 11.3 Å². The molecule has 3 aromatic rings. The SMILES string of the molecule is Cc1ccc(-n2c(C)cc(C(=O)NCC(c3cccs3)N3CCOCC3)c2C)cc1. The number of rotatable bonds is 6. The summed E-state index contributed by atoms with van der Waals surface area (Å²) in [6, 6.07) is 14.8. The summed E-state index contributed by atoms with van der Waals surface area (Å²) in [5, 5.41) is 5.30. The molecular weight excluding hydrogens is 394 g/mol. The quantitative estimate of drug-likeness (QED) is 0.644. The predicted molar refractivity (Wildman–Crippen MR) is 122 cm³/mol. The van der Waals surface area contributed by atoms with Crippen LogP contribution >= 0.6 is 11.3 Å². The third-order valence-electron chi connectivity index (χ3n) is 5.78. The first kappa shape index (κ1) is 20.8. The van der Waals surface area contributed by atoms with E-state index in [9.17, 15) is 4.79 Å². The number of carbonyl (C=O) groups excluding carboxylic acids is 1. The minimum atomic E-state index is -0.0173. The molecule has 5 nitrogen and oxygen atoms in total. The predicted octanol–water partition coefficient (Wildman–Crippen LogP) is 4.27. The molecule has 1 atom stereocenters. The summed E-state index contributed by atoms with van der Waals surface area (Å²) in [6.07, 6.45) is 0.